The third kappa shape index (κ3) is 4.37. The second-order valence-corrected chi connectivity index (χ2v) is 11.9. The van der Waals surface area contributed by atoms with Crippen molar-refractivity contribution in [1.82, 2.24) is 25.0 Å². The molecule has 1 saturated carbocycles. The number of hydrogen-bond donors (Lipinski definition) is 2. The molecule has 3 N–H and O–H groups in total. The molecule has 12 nitrogen and oxygen atoms in total. The normalized spacial score (nSPS) is 21.5. The minimum Gasteiger partial charge on any atom is -0.389 e. The summed E-state index contributed by atoms with van der Waals surface area (Å²) >= 11 is 1.44. The zero-order valence-electron chi connectivity index (χ0n) is 22.4. The molecule has 0 radical (unpaired) electrons. The van der Waals surface area contributed by atoms with E-state index in [-0.39, 0.29) is 17.3 Å². The first kappa shape index (κ1) is 26.2. The van der Waals surface area contributed by atoms with Crippen LogP contribution < -0.4 is 16.3 Å². The molecule has 3 aromatic heterocycles. The number of carbonyl (C=O) groups excluding carboxylic acids is 1. The number of anilines is 2. The van der Waals surface area contributed by atoms with Crippen molar-refractivity contribution in [3.05, 3.63) is 50.6 Å². The molecule has 3 aromatic rings. The first-order valence-corrected chi connectivity index (χ1v) is 14.1. The lowest BCUT2D eigenvalue weighted by atomic mass is 9.72. The minimum absolute atomic E-state index is 0.0283. The molecular weight excluding hydrogens is 532 g/mol. The van der Waals surface area contributed by atoms with E-state index in [1.54, 1.807) is 25.3 Å². The van der Waals surface area contributed by atoms with Gasteiger partial charge in [-0.25, -0.2) is 4.79 Å². The molecule has 0 unspecified atom stereocenters. The Morgan fingerprint density at radius 2 is 2.17 bits per heavy atom. The van der Waals surface area contributed by atoms with Crippen LogP contribution in [-0.2, 0) is 21.4 Å². The molecule has 1 atom stereocenters. The molecule has 1 aliphatic heterocycles. The predicted octanol–water partition coefficient (Wildman–Crippen LogP) is 2.36. The van der Waals surface area contributed by atoms with E-state index in [1.807, 2.05) is 16.7 Å². The van der Waals surface area contributed by atoms with Crippen LogP contribution in [0, 0.1) is 11.3 Å². The number of carbonyl (C=O) groups is 1. The molecule has 0 aromatic carbocycles. The van der Waals surface area contributed by atoms with Crippen LogP contribution in [0.25, 0.3) is 11.5 Å². The fourth-order valence-electron chi connectivity index (χ4n) is 6.02. The van der Waals surface area contributed by atoms with Crippen LogP contribution in [0.3, 0.4) is 0 Å². The number of amides is 1. The Balaban J connectivity index is 1.27. The molecule has 13 heteroatoms. The number of nitrogens with zero attached hydrogens (tertiary/aromatic N) is 6. The minimum atomic E-state index is -0.660. The van der Waals surface area contributed by atoms with Crippen molar-refractivity contribution >= 4 is 28.1 Å². The Morgan fingerprint density at radius 1 is 1.35 bits per heavy atom. The van der Waals surface area contributed by atoms with Gasteiger partial charge in [0.2, 0.25) is 17.6 Å². The SMILES string of the molecule is COC/C=C/C(=O)N1CCN(c2cc(-c3noc([C@@]4(C)CCCc5sc(N)c(C#N)c54)n3)[nH]c(=O)n2)CC12CC2. The van der Waals surface area contributed by atoms with Gasteiger partial charge in [0.1, 0.15) is 16.9 Å². The van der Waals surface area contributed by atoms with E-state index in [9.17, 15) is 14.9 Å². The molecule has 1 saturated heterocycles. The van der Waals surface area contributed by atoms with Gasteiger partial charge in [-0.2, -0.15) is 15.2 Å². The number of ether oxygens (including phenoxy) is 1. The molecule has 1 spiro atoms. The number of fused-ring (bicyclic) bond motifs is 1. The molecule has 6 rings (SSSR count). The Bertz CT molecular complexity index is 1600. The number of aromatic amines is 1. The van der Waals surface area contributed by atoms with Crippen LogP contribution in [0.1, 0.15) is 54.5 Å². The summed E-state index contributed by atoms with van der Waals surface area (Å²) in [6.45, 7) is 4.03. The fraction of sp³-hybridized carbons (Fsp3) is 0.481. The molecule has 2 aliphatic carbocycles. The number of H-pyrrole nitrogens is 1. The zero-order chi connectivity index (χ0) is 28.1. The maximum Gasteiger partial charge on any atom is 0.347 e. The van der Waals surface area contributed by atoms with E-state index in [2.05, 4.69) is 26.2 Å². The lowest BCUT2D eigenvalue weighted by molar-refractivity contribution is -0.129. The monoisotopic (exact) mass is 562 g/mol. The summed E-state index contributed by atoms with van der Waals surface area (Å²) in [6.07, 6.45) is 7.57. The first-order valence-electron chi connectivity index (χ1n) is 13.3. The standard InChI is InChI=1S/C27H30N8O4S/c1-26(7-3-5-18-21(26)16(14-28)22(29)40-18)24-32-23(33-39-24)17-13-19(31-25(37)30-17)34-10-11-35(27(15-34)8-9-27)20(36)6-4-12-38-2/h4,6,13H,3,5,7-12,15,29H2,1-2H3,(H,30,31,37)/b6-4+/t26-/m0/s1. The lowest BCUT2D eigenvalue weighted by Gasteiger charge is -2.42. The zero-order valence-corrected chi connectivity index (χ0v) is 23.2. The predicted molar refractivity (Wildman–Crippen MR) is 148 cm³/mol. The van der Waals surface area contributed by atoms with Crippen molar-refractivity contribution in [1.29, 1.82) is 5.26 Å². The maximum atomic E-state index is 12.8. The number of nitrogen functional groups attached to an aromatic ring is 1. The van der Waals surface area contributed by atoms with E-state index in [0.717, 1.165) is 42.5 Å². The van der Waals surface area contributed by atoms with Crippen LogP contribution >= 0.6 is 11.3 Å². The van der Waals surface area contributed by atoms with Gasteiger partial charge in [0, 0.05) is 49.3 Å². The number of thiophene rings is 1. The average molecular weight is 563 g/mol. The number of piperazine rings is 1. The van der Waals surface area contributed by atoms with Gasteiger partial charge in [0.15, 0.2) is 0 Å². The van der Waals surface area contributed by atoms with Crippen molar-refractivity contribution in [3.8, 4) is 17.6 Å². The molecule has 40 heavy (non-hydrogen) atoms. The summed E-state index contributed by atoms with van der Waals surface area (Å²) in [5, 5.41) is 14.5. The highest BCUT2D eigenvalue weighted by Crippen LogP contribution is 2.49. The van der Waals surface area contributed by atoms with Crippen LogP contribution in [0.15, 0.2) is 27.5 Å². The van der Waals surface area contributed by atoms with Gasteiger partial charge in [0.25, 0.3) is 0 Å². The Labute approximate surface area is 234 Å². The number of nitrogens with two attached hydrogens (primary N) is 1. The molecule has 208 valence electrons. The Kier molecular flexibility index (Phi) is 6.47. The van der Waals surface area contributed by atoms with Crippen LogP contribution in [-0.4, -0.2) is 69.8 Å². The number of nitrogens with one attached hydrogen (secondary N) is 1. The van der Waals surface area contributed by atoms with Gasteiger partial charge in [-0.3, -0.25) is 4.79 Å². The summed E-state index contributed by atoms with van der Waals surface area (Å²) in [5.41, 5.74) is 6.44. The Morgan fingerprint density at radius 3 is 2.92 bits per heavy atom. The van der Waals surface area contributed by atoms with Crippen molar-refractivity contribution in [2.24, 2.45) is 0 Å². The van der Waals surface area contributed by atoms with Gasteiger partial charge < -0.3 is 29.8 Å². The molecule has 0 bridgehead atoms. The summed E-state index contributed by atoms with van der Waals surface area (Å²) in [7, 11) is 1.59. The summed E-state index contributed by atoms with van der Waals surface area (Å²) < 4.78 is 10.8. The number of methoxy groups -OCH3 is 1. The summed E-state index contributed by atoms with van der Waals surface area (Å²) in [5.74, 6) is 1.09. The van der Waals surface area contributed by atoms with Gasteiger partial charge >= 0.3 is 5.69 Å². The topological polar surface area (TPSA) is 167 Å². The number of hydrogen-bond acceptors (Lipinski definition) is 11. The first-order chi connectivity index (χ1) is 19.3. The van der Waals surface area contributed by atoms with Gasteiger partial charge in [0.05, 0.1) is 28.8 Å². The van der Waals surface area contributed by atoms with E-state index in [1.165, 1.54) is 11.3 Å². The van der Waals surface area contributed by atoms with E-state index in [0.29, 0.717) is 54.2 Å². The maximum absolute atomic E-state index is 12.8. The highest BCUT2D eigenvalue weighted by molar-refractivity contribution is 7.16. The number of nitriles is 1. The second-order valence-electron chi connectivity index (χ2n) is 10.8. The third-order valence-electron chi connectivity index (χ3n) is 8.21. The van der Waals surface area contributed by atoms with Crippen molar-refractivity contribution in [2.75, 3.05) is 44.0 Å². The molecule has 2 fully saturated rings. The van der Waals surface area contributed by atoms with Crippen LogP contribution in [0.5, 0.6) is 0 Å². The summed E-state index contributed by atoms with van der Waals surface area (Å²) in [4.78, 5) is 42.1. The van der Waals surface area contributed by atoms with E-state index >= 15 is 0 Å². The molecule has 1 amide bonds. The smallest absolute Gasteiger partial charge is 0.347 e. The van der Waals surface area contributed by atoms with Crippen LogP contribution in [0.4, 0.5) is 10.8 Å². The van der Waals surface area contributed by atoms with Crippen LogP contribution in [0.2, 0.25) is 0 Å². The largest absolute Gasteiger partial charge is 0.389 e. The van der Waals surface area contributed by atoms with Gasteiger partial charge in [-0.05, 0) is 39.0 Å². The highest BCUT2D eigenvalue weighted by atomic mass is 32.1. The van der Waals surface area contributed by atoms with Crippen molar-refractivity contribution in [3.63, 3.8) is 0 Å². The van der Waals surface area contributed by atoms with E-state index < -0.39 is 11.1 Å². The quantitative estimate of drug-likeness (QED) is 0.426. The second kappa shape index (κ2) is 9.87. The van der Waals surface area contributed by atoms with Gasteiger partial charge in [-0.15, -0.1) is 11.3 Å². The van der Waals surface area contributed by atoms with E-state index in [4.69, 9.17) is 15.0 Å². The van der Waals surface area contributed by atoms with Crippen molar-refractivity contribution < 1.29 is 14.1 Å². The number of aryl methyl sites for hydroxylation is 1. The molecule has 3 aliphatic rings. The number of rotatable bonds is 6. The lowest BCUT2D eigenvalue weighted by Crippen LogP contribution is -2.57. The third-order valence-corrected chi connectivity index (χ3v) is 9.29. The number of aromatic nitrogens is 4. The molecular formula is C27H30N8O4S. The highest BCUT2D eigenvalue weighted by Gasteiger charge is 2.53. The summed E-state index contributed by atoms with van der Waals surface area (Å²) in [6, 6.07) is 4.00. The molecule has 4 heterocycles. The van der Waals surface area contributed by atoms with Gasteiger partial charge in [-0.1, -0.05) is 11.2 Å². The fourth-order valence-corrected chi connectivity index (χ4v) is 7.21. The van der Waals surface area contributed by atoms with Crippen molar-refractivity contribution in [2.45, 2.75) is 50.0 Å². The Hall–Kier alpha value is -4.02. The average Bonchev–Trinajstić information content (AvgIpc) is 3.35.